The largest absolute Gasteiger partial charge is 0.372 e. The molecule has 90 valence electrons. The average molecular weight is 222 g/mol. The first-order valence-electron chi connectivity index (χ1n) is 6.10. The molecule has 1 atom stereocenters. The molecule has 0 bridgehead atoms. The van der Waals surface area contributed by atoms with Gasteiger partial charge in [0.15, 0.2) is 0 Å². The lowest BCUT2D eigenvalue weighted by atomic mass is 10.1. The molecule has 0 spiro atoms. The lowest BCUT2D eigenvalue weighted by molar-refractivity contribution is 0.0558. The Labute approximate surface area is 98.0 Å². The normalized spacial score (nSPS) is 12.6. The number of nitrogens with zero attached hydrogens (tertiary/aromatic N) is 1. The Kier molecular flexibility index (Phi) is 6.77. The van der Waals surface area contributed by atoms with E-state index in [0.29, 0.717) is 6.54 Å². The smallest absolute Gasteiger partial charge is 0.0948 e. The van der Waals surface area contributed by atoms with Crippen molar-refractivity contribution in [1.29, 1.82) is 0 Å². The number of hydrogen-bond acceptors (Lipinski definition) is 3. The summed E-state index contributed by atoms with van der Waals surface area (Å²) in [5, 5.41) is 0. The SMILES string of the molecule is CCCCCCOC(CN)c1ccncc1. The highest BCUT2D eigenvalue weighted by molar-refractivity contribution is 5.13. The lowest BCUT2D eigenvalue weighted by Gasteiger charge is -2.16. The molecular formula is C13H22N2O. The van der Waals surface area contributed by atoms with Gasteiger partial charge in [-0.3, -0.25) is 4.98 Å². The van der Waals surface area contributed by atoms with E-state index in [4.69, 9.17) is 10.5 Å². The molecule has 0 aliphatic rings. The van der Waals surface area contributed by atoms with Gasteiger partial charge in [0.25, 0.3) is 0 Å². The molecule has 0 aromatic carbocycles. The van der Waals surface area contributed by atoms with E-state index in [1.165, 1.54) is 19.3 Å². The molecule has 0 radical (unpaired) electrons. The Hall–Kier alpha value is -0.930. The van der Waals surface area contributed by atoms with Crippen LogP contribution in [0.25, 0.3) is 0 Å². The van der Waals surface area contributed by atoms with Crippen LogP contribution in [0, 0.1) is 0 Å². The van der Waals surface area contributed by atoms with Gasteiger partial charge in [-0.05, 0) is 24.1 Å². The van der Waals surface area contributed by atoms with E-state index in [2.05, 4.69) is 11.9 Å². The van der Waals surface area contributed by atoms with Crippen LogP contribution in [-0.2, 0) is 4.74 Å². The second-order valence-electron chi connectivity index (χ2n) is 3.94. The highest BCUT2D eigenvalue weighted by Gasteiger charge is 2.08. The summed E-state index contributed by atoms with van der Waals surface area (Å²) in [6, 6.07) is 3.92. The number of hydrogen-bond donors (Lipinski definition) is 1. The Morgan fingerprint density at radius 3 is 2.62 bits per heavy atom. The summed E-state index contributed by atoms with van der Waals surface area (Å²) in [5.74, 6) is 0. The molecule has 0 aliphatic heterocycles. The van der Waals surface area contributed by atoms with Crippen LogP contribution < -0.4 is 5.73 Å². The number of ether oxygens (including phenoxy) is 1. The summed E-state index contributed by atoms with van der Waals surface area (Å²) in [7, 11) is 0. The van der Waals surface area contributed by atoms with Gasteiger partial charge in [-0.1, -0.05) is 26.2 Å². The molecule has 1 aromatic heterocycles. The predicted octanol–water partition coefficient (Wildman–Crippen LogP) is 2.68. The van der Waals surface area contributed by atoms with Gasteiger partial charge in [-0.15, -0.1) is 0 Å². The number of nitrogens with two attached hydrogens (primary N) is 1. The third-order valence-corrected chi connectivity index (χ3v) is 2.61. The standard InChI is InChI=1S/C13H22N2O/c1-2-3-4-5-10-16-13(11-14)12-6-8-15-9-7-12/h6-9,13H,2-5,10-11,14H2,1H3. The summed E-state index contributed by atoms with van der Waals surface area (Å²) in [6.45, 7) is 3.53. The first kappa shape index (κ1) is 13.1. The fraction of sp³-hybridized carbons (Fsp3) is 0.615. The van der Waals surface area contributed by atoms with Crippen molar-refractivity contribution in [2.24, 2.45) is 5.73 Å². The van der Waals surface area contributed by atoms with Crippen molar-refractivity contribution < 1.29 is 4.74 Å². The van der Waals surface area contributed by atoms with E-state index >= 15 is 0 Å². The summed E-state index contributed by atoms with van der Waals surface area (Å²) in [5.41, 5.74) is 6.82. The van der Waals surface area contributed by atoms with E-state index in [1.807, 2.05) is 12.1 Å². The third-order valence-electron chi connectivity index (χ3n) is 2.61. The summed E-state index contributed by atoms with van der Waals surface area (Å²) in [6.07, 6.45) is 8.47. The fourth-order valence-corrected chi connectivity index (χ4v) is 1.63. The molecule has 1 unspecified atom stereocenters. The van der Waals surface area contributed by atoms with E-state index in [9.17, 15) is 0 Å². The molecule has 0 aliphatic carbocycles. The van der Waals surface area contributed by atoms with Gasteiger partial charge in [0.05, 0.1) is 6.10 Å². The number of aromatic nitrogens is 1. The minimum atomic E-state index is 0.0182. The van der Waals surface area contributed by atoms with Crippen molar-refractivity contribution in [3.63, 3.8) is 0 Å². The van der Waals surface area contributed by atoms with Crippen molar-refractivity contribution in [1.82, 2.24) is 4.98 Å². The Morgan fingerprint density at radius 2 is 2.00 bits per heavy atom. The van der Waals surface area contributed by atoms with Crippen molar-refractivity contribution in [3.8, 4) is 0 Å². The highest BCUT2D eigenvalue weighted by Crippen LogP contribution is 2.15. The maximum Gasteiger partial charge on any atom is 0.0948 e. The van der Waals surface area contributed by atoms with Gasteiger partial charge in [0.1, 0.15) is 0 Å². The zero-order valence-corrected chi connectivity index (χ0v) is 10.1. The molecule has 3 nitrogen and oxygen atoms in total. The molecule has 1 aromatic rings. The summed E-state index contributed by atoms with van der Waals surface area (Å²) < 4.78 is 5.77. The molecule has 1 heterocycles. The molecule has 3 heteroatoms. The zero-order chi connectivity index (χ0) is 11.6. The third kappa shape index (κ3) is 4.73. The molecule has 1 rings (SSSR count). The van der Waals surface area contributed by atoms with Gasteiger partial charge in [-0.25, -0.2) is 0 Å². The van der Waals surface area contributed by atoms with Crippen molar-refractivity contribution >= 4 is 0 Å². The molecule has 2 N–H and O–H groups in total. The second kappa shape index (κ2) is 8.25. The van der Waals surface area contributed by atoms with Crippen LogP contribution in [0.5, 0.6) is 0 Å². The van der Waals surface area contributed by atoms with E-state index < -0.39 is 0 Å². The fourth-order valence-electron chi connectivity index (χ4n) is 1.63. The summed E-state index contributed by atoms with van der Waals surface area (Å²) >= 11 is 0. The number of rotatable bonds is 8. The van der Waals surface area contributed by atoms with Gasteiger partial charge in [-0.2, -0.15) is 0 Å². The zero-order valence-electron chi connectivity index (χ0n) is 10.1. The van der Waals surface area contributed by atoms with Gasteiger partial charge in [0, 0.05) is 25.5 Å². The second-order valence-corrected chi connectivity index (χ2v) is 3.94. The predicted molar refractivity (Wildman–Crippen MR) is 66.1 cm³/mol. The average Bonchev–Trinajstić information content (AvgIpc) is 2.35. The van der Waals surface area contributed by atoms with Crippen LogP contribution in [0.2, 0.25) is 0 Å². The molecule has 0 fully saturated rings. The molecule has 0 amide bonds. The van der Waals surface area contributed by atoms with Crippen molar-refractivity contribution in [3.05, 3.63) is 30.1 Å². The van der Waals surface area contributed by atoms with E-state index in [-0.39, 0.29) is 6.10 Å². The van der Waals surface area contributed by atoms with Crippen LogP contribution in [0.4, 0.5) is 0 Å². The van der Waals surface area contributed by atoms with Crippen LogP contribution in [0.3, 0.4) is 0 Å². The molecular weight excluding hydrogens is 200 g/mol. The quantitative estimate of drug-likeness (QED) is 0.688. The maximum atomic E-state index is 5.77. The molecule has 16 heavy (non-hydrogen) atoms. The van der Waals surface area contributed by atoms with Crippen LogP contribution in [-0.4, -0.2) is 18.1 Å². The monoisotopic (exact) mass is 222 g/mol. The highest BCUT2D eigenvalue weighted by atomic mass is 16.5. The Balaban J connectivity index is 2.27. The first-order valence-corrected chi connectivity index (χ1v) is 6.10. The van der Waals surface area contributed by atoms with E-state index in [0.717, 1.165) is 18.6 Å². The van der Waals surface area contributed by atoms with Crippen LogP contribution >= 0.6 is 0 Å². The Bertz CT molecular complexity index is 264. The van der Waals surface area contributed by atoms with Gasteiger partial charge in [0.2, 0.25) is 0 Å². The van der Waals surface area contributed by atoms with Gasteiger partial charge >= 0.3 is 0 Å². The minimum absolute atomic E-state index is 0.0182. The number of unbranched alkanes of at least 4 members (excludes halogenated alkanes) is 3. The summed E-state index contributed by atoms with van der Waals surface area (Å²) in [4.78, 5) is 3.99. The van der Waals surface area contributed by atoms with E-state index in [1.54, 1.807) is 12.4 Å². The molecule has 0 saturated carbocycles. The van der Waals surface area contributed by atoms with Crippen LogP contribution in [0.15, 0.2) is 24.5 Å². The first-order chi connectivity index (χ1) is 7.88. The van der Waals surface area contributed by atoms with Crippen molar-refractivity contribution in [2.75, 3.05) is 13.2 Å². The van der Waals surface area contributed by atoms with Crippen molar-refractivity contribution in [2.45, 2.75) is 38.7 Å². The maximum absolute atomic E-state index is 5.77. The van der Waals surface area contributed by atoms with Crippen LogP contribution in [0.1, 0.15) is 44.3 Å². The van der Waals surface area contributed by atoms with Gasteiger partial charge < -0.3 is 10.5 Å². The number of pyridine rings is 1. The topological polar surface area (TPSA) is 48.1 Å². The molecule has 0 saturated heterocycles. The lowest BCUT2D eigenvalue weighted by Crippen LogP contribution is -2.16. The Morgan fingerprint density at radius 1 is 1.25 bits per heavy atom. The minimum Gasteiger partial charge on any atom is -0.372 e.